The molecule has 102 valence electrons. The van der Waals surface area contributed by atoms with Crippen LogP contribution in [0.25, 0.3) is 0 Å². The maximum absolute atomic E-state index is 5.45. The molecule has 1 atom stereocenters. The predicted molar refractivity (Wildman–Crippen MR) is 85.4 cm³/mol. The first-order chi connectivity index (χ1) is 9.13. The highest BCUT2D eigenvalue weighted by molar-refractivity contribution is 9.11. The first-order valence-electron chi connectivity index (χ1n) is 6.35. The second-order valence-corrected chi connectivity index (χ2v) is 6.26. The number of halogens is 2. The molecule has 0 aliphatic heterocycles. The molecule has 1 N–H and O–H groups in total. The zero-order valence-corrected chi connectivity index (χ0v) is 14.2. The highest BCUT2D eigenvalue weighted by Crippen LogP contribution is 2.32. The lowest BCUT2D eigenvalue weighted by Gasteiger charge is -2.20. The van der Waals surface area contributed by atoms with Gasteiger partial charge in [-0.3, -0.25) is 0 Å². The molecule has 0 aliphatic carbocycles. The number of furan rings is 1. The van der Waals surface area contributed by atoms with Crippen LogP contribution < -0.4 is 5.32 Å². The standard InChI is InChI=1S/C15H17Br2NO/c1-3-7-18-15(12-6-8-19-10(12)2)13-9-11(16)4-5-14(13)17/h4-6,8-9,15,18H,3,7H2,1-2H3. The maximum Gasteiger partial charge on any atom is 0.105 e. The molecule has 0 aliphatic rings. The molecule has 0 spiro atoms. The zero-order valence-electron chi connectivity index (χ0n) is 11.0. The fraction of sp³-hybridized carbons (Fsp3) is 0.333. The lowest BCUT2D eigenvalue weighted by atomic mass is 9.99. The van der Waals surface area contributed by atoms with Crippen LogP contribution in [0.1, 0.15) is 36.3 Å². The summed E-state index contributed by atoms with van der Waals surface area (Å²) >= 11 is 7.18. The molecule has 0 radical (unpaired) electrons. The van der Waals surface area contributed by atoms with Crippen molar-refractivity contribution >= 4 is 31.9 Å². The van der Waals surface area contributed by atoms with Gasteiger partial charge in [-0.2, -0.15) is 0 Å². The van der Waals surface area contributed by atoms with Crippen molar-refractivity contribution in [2.75, 3.05) is 6.54 Å². The zero-order chi connectivity index (χ0) is 13.8. The van der Waals surface area contributed by atoms with E-state index in [1.807, 2.05) is 19.1 Å². The highest BCUT2D eigenvalue weighted by atomic mass is 79.9. The van der Waals surface area contributed by atoms with Gasteiger partial charge in [0, 0.05) is 14.5 Å². The highest BCUT2D eigenvalue weighted by Gasteiger charge is 2.19. The smallest absolute Gasteiger partial charge is 0.105 e. The van der Waals surface area contributed by atoms with Crippen molar-refractivity contribution < 1.29 is 4.42 Å². The molecule has 0 amide bonds. The molecule has 1 unspecified atom stereocenters. The van der Waals surface area contributed by atoms with E-state index in [1.165, 1.54) is 11.1 Å². The Morgan fingerprint density at radius 2 is 2.00 bits per heavy atom. The summed E-state index contributed by atoms with van der Waals surface area (Å²) in [5.41, 5.74) is 2.40. The van der Waals surface area contributed by atoms with Crippen LogP contribution in [0.2, 0.25) is 0 Å². The van der Waals surface area contributed by atoms with Crippen LogP contribution in [-0.4, -0.2) is 6.54 Å². The van der Waals surface area contributed by atoms with E-state index < -0.39 is 0 Å². The number of hydrogen-bond acceptors (Lipinski definition) is 2. The third kappa shape index (κ3) is 3.50. The van der Waals surface area contributed by atoms with Crippen LogP contribution in [0.3, 0.4) is 0 Å². The molecular formula is C15H17Br2NO. The van der Waals surface area contributed by atoms with Crippen LogP contribution in [-0.2, 0) is 0 Å². The Bertz CT molecular complexity index is 551. The first-order valence-corrected chi connectivity index (χ1v) is 7.94. The number of nitrogens with one attached hydrogen (secondary N) is 1. The number of hydrogen-bond donors (Lipinski definition) is 1. The van der Waals surface area contributed by atoms with Crippen molar-refractivity contribution in [3.8, 4) is 0 Å². The second kappa shape index (κ2) is 6.73. The molecule has 4 heteroatoms. The summed E-state index contributed by atoms with van der Waals surface area (Å²) in [6, 6.07) is 8.42. The van der Waals surface area contributed by atoms with Crippen LogP contribution in [0, 0.1) is 6.92 Å². The van der Waals surface area contributed by atoms with Gasteiger partial charge in [0.1, 0.15) is 5.76 Å². The lowest BCUT2D eigenvalue weighted by molar-refractivity contribution is 0.517. The van der Waals surface area contributed by atoms with E-state index in [1.54, 1.807) is 6.26 Å². The van der Waals surface area contributed by atoms with Crippen LogP contribution in [0.15, 0.2) is 43.9 Å². The molecule has 2 aromatic rings. The summed E-state index contributed by atoms with van der Waals surface area (Å²) in [6.45, 7) is 5.14. The fourth-order valence-electron chi connectivity index (χ4n) is 2.11. The van der Waals surface area contributed by atoms with E-state index in [4.69, 9.17) is 4.42 Å². The van der Waals surface area contributed by atoms with Crippen LogP contribution in [0.4, 0.5) is 0 Å². The largest absolute Gasteiger partial charge is 0.469 e. The minimum atomic E-state index is 0.144. The Morgan fingerprint density at radius 3 is 2.63 bits per heavy atom. The minimum absolute atomic E-state index is 0.144. The Morgan fingerprint density at radius 1 is 1.21 bits per heavy atom. The molecule has 0 saturated heterocycles. The van der Waals surface area contributed by atoms with Gasteiger partial charge in [0.2, 0.25) is 0 Å². The van der Waals surface area contributed by atoms with Crippen molar-refractivity contribution in [3.05, 3.63) is 56.4 Å². The van der Waals surface area contributed by atoms with Crippen molar-refractivity contribution in [1.29, 1.82) is 0 Å². The van der Waals surface area contributed by atoms with E-state index in [9.17, 15) is 0 Å². The van der Waals surface area contributed by atoms with Gasteiger partial charge >= 0.3 is 0 Å². The first kappa shape index (κ1) is 14.8. The van der Waals surface area contributed by atoms with Gasteiger partial charge in [0.05, 0.1) is 12.3 Å². The molecule has 0 bridgehead atoms. The quantitative estimate of drug-likeness (QED) is 0.763. The van der Waals surface area contributed by atoms with Gasteiger partial charge in [0.15, 0.2) is 0 Å². The summed E-state index contributed by atoms with van der Waals surface area (Å²) < 4.78 is 7.63. The molecule has 1 aromatic carbocycles. The molecule has 2 nitrogen and oxygen atoms in total. The molecule has 0 fully saturated rings. The fourth-order valence-corrected chi connectivity index (χ4v) is 2.96. The maximum atomic E-state index is 5.45. The average Bonchev–Trinajstić information content (AvgIpc) is 2.80. The Hall–Kier alpha value is -0.580. The number of benzene rings is 1. The lowest BCUT2D eigenvalue weighted by Crippen LogP contribution is -2.23. The van der Waals surface area contributed by atoms with E-state index in [0.29, 0.717) is 0 Å². The minimum Gasteiger partial charge on any atom is -0.469 e. The Labute approximate surface area is 130 Å². The van der Waals surface area contributed by atoms with Crippen molar-refractivity contribution in [2.24, 2.45) is 0 Å². The van der Waals surface area contributed by atoms with E-state index in [0.717, 1.165) is 27.7 Å². The van der Waals surface area contributed by atoms with E-state index >= 15 is 0 Å². The van der Waals surface area contributed by atoms with E-state index in [2.05, 4.69) is 56.2 Å². The van der Waals surface area contributed by atoms with Gasteiger partial charge in [-0.05, 0) is 49.7 Å². The monoisotopic (exact) mass is 385 g/mol. The molecule has 2 rings (SSSR count). The van der Waals surface area contributed by atoms with Gasteiger partial charge in [-0.1, -0.05) is 38.8 Å². The van der Waals surface area contributed by atoms with Gasteiger partial charge in [-0.25, -0.2) is 0 Å². The van der Waals surface area contributed by atoms with Gasteiger partial charge in [-0.15, -0.1) is 0 Å². The summed E-state index contributed by atoms with van der Waals surface area (Å²) in [5, 5.41) is 3.59. The van der Waals surface area contributed by atoms with Crippen LogP contribution >= 0.6 is 31.9 Å². The average molecular weight is 387 g/mol. The summed E-state index contributed by atoms with van der Waals surface area (Å²) in [5.74, 6) is 0.959. The molecular weight excluding hydrogens is 370 g/mol. The summed E-state index contributed by atoms with van der Waals surface area (Å²) in [7, 11) is 0. The summed E-state index contributed by atoms with van der Waals surface area (Å²) in [6.07, 6.45) is 2.84. The number of aryl methyl sites for hydroxylation is 1. The van der Waals surface area contributed by atoms with Crippen molar-refractivity contribution in [1.82, 2.24) is 5.32 Å². The summed E-state index contributed by atoms with van der Waals surface area (Å²) in [4.78, 5) is 0. The topological polar surface area (TPSA) is 25.2 Å². The molecule has 1 aromatic heterocycles. The SMILES string of the molecule is CCCNC(c1cc(Br)ccc1Br)c1ccoc1C. The van der Waals surface area contributed by atoms with Crippen LogP contribution in [0.5, 0.6) is 0 Å². The predicted octanol–water partition coefficient (Wildman–Crippen LogP) is 5.20. The van der Waals surface area contributed by atoms with Crippen molar-refractivity contribution in [3.63, 3.8) is 0 Å². The normalized spacial score (nSPS) is 12.6. The molecule has 1 heterocycles. The van der Waals surface area contributed by atoms with E-state index in [-0.39, 0.29) is 6.04 Å². The Balaban J connectivity index is 2.42. The second-order valence-electron chi connectivity index (χ2n) is 4.49. The third-order valence-corrected chi connectivity index (χ3v) is 4.29. The van der Waals surface area contributed by atoms with Crippen molar-refractivity contribution in [2.45, 2.75) is 26.3 Å². The Kier molecular flexibility index (Phi) is 5.25. The number of rotatable bonds is 5. The molecule has 0 saturated carbocycles. The molecule has 19 heavy (non-hydrogen) atoms. The van der Waals surface area contributed by atoms with Gasteiger partial charge < -0.3 is 9.73 Å². The third-order valence-electron chi connectivity index (χ3n) is 3.08. The van der Waals surface area contributed by atoms with Gasteiger partial charge in [0.25, 0.3) is 0 Å².